The quantitative estimate of drug-likeness (QED) is 0.867. The van der Waals surface area contributed by atoms with E-state index in [1.54, 1.807) is 13.2 Å². The highest BCUT2D eigenvalue weighted by atomic mass is 19.2. The predicted molar refractivity (Wildman–Crippen MR) is 57.5 cm³/mol. The van der Waals surface area contributed by atoms with Gasteiger partial charge in [0.2, 0.25) is 0 Å². The molecule has 0 saturated carbocycles. The number of anilines is 1. The van der Waals surface area contributed by atoms with E-state index in [1.165, 1.54) is 16.8 Å². The molecule has 6 heteroatoms. The fourth-order valence-corrected chi connectivity index (χ4v) is 1.35. The van der Waals surface area contributed by atoms with Gasteiger partial charge in [-0.05, 0) is 12.1 Å². The number of halogens is 2. The highest BCUT2D eigenvalue weighted by Crippen LogP contribution is 2.13. The van der Waals surface area contributed by atoms with Crippen LogP contribution in [0.1, 0.15) is 10.6 Å². The number of rotatable bonds is 2. The second-order valence-electron chi connectivity index (χ2n) is 3.44. The van der Waals surface area contributed by atoms with Gasteiger partial charge in [0.1, 0.15) is 0 Å². The lowest BCUT2D eigenvalue weighted by Gasteiger charge is -2.05. The molecule has 0 aliphatic carbocycles. The number of carbonyl (C=O) groups is 1. The van der Waals surface area contributed by atoms with Gasteiger partial charge in [0.25, 0.3) is 5.91 Å². The molecule has 1 heterocycles. The summed E-state index contributed by atoms with van der Waals surface area (Å²) in [5.41, 5.74) is 0.178. The van der Waals surface area contributed by atoms with Crippen LogP contribution in [0.15, 0.2) is 30.6 Å². The predicted octanol–water partition coefficient (Wildman–Crippen LogP) is 1.95. The monoisotopic (exact) mass is 237 g/mol. The average Bonchev–Trinajstić information content (AvgIpc) is 2.70. The van der Waals surface area contributed by atoms with Crippen LogP contribution in [0.5, 0.6) is 0 Å². The molecule has 0 bridgehead atoms. The van der Waals surface area contributed by atoms with Gasteiger partial charge in [0.05, 0.1) is 0 Å². The van der Waals surface area contributed by atoms with Crippen molar-refractivity contribution in [3.05, 3.63) is 48.1 Å². The Morgan fingerprint density at radius 1 is 1.35 bits per heavy atom. The van der Waals surface area contributed by atoms with E-state index >= 15 is 0 Å². The van der Waals surface area contributed by atoms with Gasteiger partial charge < -0.3 is 9.88 Å². The Bertz CT molecular complexity index is 566. The number of aryl methyl sites for hydroxylation is 1. The van der Waals surface area contributed by atoms with Crippen molar-refractivity contribution in [2.75, 3.05) is 5.32 Å². The van der Waals surface area contributed by atoms with Crippen molar-refractivity contribution in [1.82, 2.24) is 9.55 Å². The minimum Gasteiger partial charge on any atom is -0.330 e. The fraction of sp³-hybridized carbons (Fsp3) is 0.0909. The molecular weight excluding hydrogens is 228 g/mol. The summed E-state index contributed by atoms with van der Waals surface area (Å²) in [5.74, 6) is -2.26. The molecule has 0 atom stereocenters. The lowest BCUT2D eigenvalue weighted by atomic mass is 10.3. The Morgan fingerprint density at radius 2 is 2.12 bits per heavy atom. The van der Waals surface area contributed by atoms with E-state index in [-0.39, 0.29) is 11.5 Å². The van der Waals surface area contributed by atoms with Crippen LogP contribution < -0.4 is 5.32 Å². The minimum absolute atomic E-state index is 0.178. The zero-order chi connectivity index (χ0) is 12.4. The molecule has 1 amide bonds. The number of carbonyl (C=O) groups excluding carboxylic acids is 1. The van der Waals surface area contributed by atoms with E-state index in [9.17, 15) is 13.6 Å². The minimum atomic E-state index is -1.01. The first-order valence-electron chi connectivity index (χ1n) is 4.81. The molecule has 88 valence electrons. The summed E-state index contributed by atoms with van der Waals surface area (Å²) in [6.07, 6.45) is 3.08. The topological polar surface area (TPSA) is 46.9 Å². The molecule has 0 aliphatic heterocycles. The van der Waals surface area contributed by atoms with Crippen LogP contribution in [0.25, 0.3) is 0 Å². The number of nitrogens with one attached hydrogen (secondary N) is 1. The SMILES string of the molecule is Cn1ccnc1C(=O)Nc1ccc(F)c(F)c1. The normalized spacial score (nSPS) is 10.3. The van der Waals surface area contributed by atoms with Gasteiger partial charge in [-0.1, -0.05) is 0 Å². The first-order chi connectivity index (χ1) is 8.08. The second-order valence-corrected chi connectivity index (χ2v) is 3.44. The Morgan fingerprint density at radius 3 is 2.71 bits per heavy atom. The van der Waals surface area contributed by atoms with Crippen LogP contribution in [0.2, 0.25) is 0 Å². The van der Waals surface area contributed by atoms with Crippen LogP contribution in [0.3, 0.4) is 0 Å². The highest BCUT2D eigenvalue weighted by molar-refractivity contribution is 6.01. The summed E-state index contributed by atoms with van der Waals surface area (Å²) in [7, 11) is 1.66. The molecule has 2 rings (SSSR count). The smallest absolute Gasteiger partial charge is 0.291 e. The number of amides is 1. The third-order valence-electron chi connectivity index (χ3n) is 2.20. The van der Waals surface area contributed by atoms with E-state index in [0.29, 0.717) is 0 Å². The average molecular weight is 237 g/mol. The maximum Gasteiger partial charge on any atom is 0.291 e. The summed E-state index contributed by atoms with van der Waals surface area (Å²) >= 11 is 0. The van der Waals surface area contributed by atoms with Crippen molar-refractivity contribution in [1.29, 1.82) is 0 Å². The first kappa shape index (κ1) is 11.3. The van der Waals surface area contributed by atoms with Crippen LogP contribution >= 0.6 is 0 Å². The van der Waals surface area contributed by atoms with E-state index < -0.39 is 17.5 Å². The molecule has 0 radical (unpaired) electrons. The number of aromatic nitrogens is 2. The van der Waals surface area contributed by atoms with Gasteiger partial charge in [0.15, 0.2) is 17.5 Å². The standard InChI is InChI=1S/C11H9F2N3O/c1-16-5-4-14-10(16)11(17)15-7-2-3-8(12)9(13)6-7/h2-6H,1H3,(H,15,17). The van der Waals surface area contributed by atoms with Crippen molar-refractivity contribution in [3.63, 3.8) is 0 Å². The largest absolute Gasteiger partial charge is 0.330 e. The Balaban J connectivity index is 2.19. The Labute approximate surface area is 95.9 Å². The molecule has 0 aliphatic rings. The Hall–Kier alpha value is -2.24. The summed E-state index contributed by atoms with van der Waals surface area (Å²) < 4.78 is 27.1. The summed E-state index contributed by atoms with van der Waals surface area (Å²) in [6.45, 7) is 0. The first-order valence-corrected chi connectivity index (χ1v) is 4.81. The second kappa shape index (κ2) is 4.32. The van der Waals surface area contributed by atoms with Gasteiger partial charge in [-0.15, -0.1) is 0 Å². The van der Waals surface area contributed by atoms with Gasteiger partial charge in [-0.2, -0.15) is 0 Å². The molecular formula is C11H9F2N3O. The molecule has 0 unspecified atom stereocenters. The van der Waals surface area contributed by atoms with E-state index in [2.05, 4.69) is 10.3 Å². The number of imidazole rings is 1. The van der Waals surface area contributed by atoms with Crippen LogP contribution in [0, 0.1) is 11.6 Å². The number of benzene rings is 1. The molecule has 17 heavy (non-hydrogen) atoms. The zero-order valence-electron chi connectivity index (χ0n) is 8.95. The van der Waals surface area contributed by atoms with E-state index in [1.807, 2.05) is 0 Å². The molecule has 0 spiro atoms. The third kappa shape index (κ3) is 2.30. The lowest BCUT2D eigenvalue weighted by molar-refractivity contribution is 0.101. The van der Waals surface area contributed by atoms with Gasteiger partial charge >= 0.3 is 0 Å². The highest BCUT2D eigenvalue weighted by Gasteiger charge is 2.11. The molecule has 2 aromatic rings. The molecule has 1 aromatic heterocycles. The van der Waals surface area contributed by atoms with Crippen LogP contribution in [-0.2, 0) is 7.05 Å². The zero-order valence-corrected chi connectivity index (χ0v) is 8.95. The van der Waals surface area contributed by atoms with Crippen molar-refractivity contribution in [2.45, 2.75) is 0 Å². The number of hydrogen-bond donors (Lipinski definition) is 1. The van der Waals surface area contributed by atoms with E-state index in [0.717, 1.165) is 12.1 Å². The molecule has 4 nitrogen and oxygen atoms in total. The fourth-order valence-electron chi connectivity index (χ4n) is 1.35. The van der Waals surface area contributed by atoms with E-state index in [4.69, 9.17) is 0 Å². The summed E-state index contributed by atoms with van der Waals surface area (Å²) in [5, 5.41) is 2.42. The Kier molecular flexibility index (Phi) is 2.86. The summed E-state index contributed by atoms with van der Waals surface area (Å²) in [6, 6.07) is 3.14. The maximum atomic E-state index is 12.9. The number of hydrogen-bond acceptors (Lipinski definition) is 2. The van der Waals surface area contributed by atoms with Crippen molar-refractivity contribution < 1.29 is 13.6 Å². The molecule has 0 saturated heterocycles. The van der Waals surface area contributed by atoms with Crippen LogP contribution in [0.4, 0.5) is 14.5 Å². The van der Waals surface area contributed by atoms with Gasteiger partial charge in [0, 0.05) is 31.2 Å². The number of nitrogens with zero attached hydrogens (tertiary/aromatic N) is 2. The van der Waals surface area contributed by atoms with Crippen LogP contribution in [-0.4, -0.2) is 15.5 Å². The summed E-state index contributed by atoms with van der Waals surface area (Å²) in [4.78, 5) is 15.5. The van der Waals surface area contributed by atoms with Crippen molar-refractivity contribution in [3.8, 4) is 0 Å². The molecule has 1 aromatic carbocycles. The third-order valence-corrected chi connectivity index (χ3v) is 2.20. The maximum absolute atomic E-state index is 12.9. The van der Waals surface area contributed by atoms with Crippen molar-refractivity contribution in [2.24, 2.45) is 7.05 Å². The van der Waals surface area contributed by atoms with Gasteiger partial charge in [-0.3, -0.25) is 4.79 Å². The van der Waals surface area contributed by atoms with Crippen molar-refractivity contribution >= 4 is 11.6 Å². The lowest BCUT2D eigenvalue weighted by Crippen LogP contribution is -2.16. The molecule has 0 fully saturated rings. The van der Waals surface area contributed by atoms with Gasteiger partial charge in [-0.25, -0.2) is 13.8 Å². The molecule has 1 N–H and O–H groups in total.